The van der Waals surface area contributed by atoms with Gasteiger partial charge in [0.05, 0.1) is 0 Å². The first-order valence-electron chi connectivity index (χ1n) is 3.46. The van der Waals surface area contributed by atoms with Crippen LogP contribution in [0.4, 0.5) is 0 Å². The fourth-order valence-corrected chi connectivity index (χ4v) is 0.421. The van der Waals surface area contributed by atoms with Crippen molar-refractivity contribution in [1.82, 2.24) is 0 Å². The van der Waals surface area contributed by atoms with Gasteiger partial charge in [-0.1, -0.05) is 13.8 Å². The fourth-order valence-electron chi connectivity index (χ4n) is 0.421. The smallest absolute Gasteiger partial charge is 0.302 e. The van der Waals surface area contributed by atoms with Crippen LogP contribution in [0.1, 0.15) is 33.6 Å². The number of rotatable bonds is 1. The van der Waals surface area contributed by atoms with Gasteiger partial charge >= 0.3 is 5.97 Å². The molecule has 0 atom stereocenters. The second-order valence-electron chi connectivity index (χ2n) is 1.81. The van der Waals surface area contributed by atoms with Crippen molar-refractivity contribution in [3.8, 4) is 0 Å². The topological polar surface area (TPSA) is 26.3 Å². The molecular weight excluding hydrogens is 116 g/mol. The molecule has 0 amide bonds. The highest BCUT2D eigenvalue weighted by molar-refractivity contribution is 5.66. The van der Waals surface area contributed by atoms with Crippen molar-refractivity contribution in [2.75, 3.05) is 0 Å². The molecule has 1 aliphatic rings. The molecule has 9 heavy (non-hydrogen) atoms. The highest BCUT2D eigenvalue weighted by atomic mass is 16.5. The maximum absolute atomic E-state index is 10.1. The van der Waals surface area contributed by atoms with Gasteiger partial charge in [-0.05, 0) is 12.8 Å². The van der Waals surface area contributed by atoms with E-state index >= 15 is 0 Å². The van der Waals surface area contributed by atoms with Gasteiger partial charge in [0.2, 0.25) is 0 Å². The van der Waals surface area contributed by atoms with Crippen LogP contribution in [0.15, 0.2) is 0 Å². The Labute approximate surface area is 56.2 Å². The average molecular weight is 130 g/mol. The zero-order valence-corrected chi connectivity index (χ0v) is 6.31. The number of esters is 1. The van der Waals surface area contributed by atoms with Gasteiger partial charge in [-0.15, -0.1) is 0 Å². The molecule has 0 aromatic carbocycles. The lowest BCUT2D eigenvalue weighted by Crippen LogP contribution is -1.98. The quantitative estimate of drug-likeness (QED) is 0.505. The summed E-state index contributed by atoms with van der Waals surface area (Å²) in [5.74, 6) is -0.150. The molecule has 0 N–H and O–H groups in total. The molecule has 1 fully saturated rings. The van der Waals surface area contributed by atoms with E-state index in [1.54, 1.807) is 0 Å². The van der Waals surface area contributed by atoms with Gasteiger partial charge in [0.25, 0.3) is 0 Å². The molecule has 0 radical (unpaired) electrons. The Morgan fingerprint density at radius 1 is 1.44 bits per heavy atom. The van der Waals surface area contributed by atoms with E-state index in [2.05, 4.69) is 0 Å². The molecule has 54 valence electrons. The zero-order chi connectivity index (χ0) is 7.28. The van der Waals surface area contributed by atoms with Gasteiger partial charge in [0.1, 0.15) is 6.10 Å². The molecule has 0 aromatic heterocycles. The number of ether oxygens (including phenoxy) is 1. The Hall–Kier alpha value is -0.530. The predicted molar refractivity (Wildman–Crippen MR) is 36.1 cm³/mol. The summed E-state index contributed by atoms with van der Waals surface area (Å²) in [4.78, 5) is 10.1. The summed E-state index contributed by atoms with van der Waals surface area (Å²) >= 11 is 0. The summed E-state index contributed by atoms with van der Waals surface area (Å²) in [7, 11) is 0. The van der Waals surface area contributed by atoms with E-state index in [0.29, 0.717) is 0 Å². The molecule has 0 spiro atoms. The third-order valence-corrected chi connectivity index (χ3v) is 0.857. The zero-order valence-electron chi connectivity index (χ0n) is 6.31. The highest BCUT2D eigenvalue weighted by Crippen LogP contribution is 2.23. The monoisotopic (exact) mass is 130 g/mol. The minimum Gasteiger partial charge on any atom is -0.463 e. The van der Waals surface area contributed by atoms with Crippen LogP contribution < -0.4 is 0 Å². The van der Waals surface area contributed by atoms with E-state index in [4.69, 9.17) is 4.74 Å². The summed E-state index contributed by atoms with van der Waals surface area (Å²) < 4.78 is 4.72. The highest BCUT2D eigenvalue weighted by Gasteiger charge is 2.23. The largest absolute Gasteiger partial charge is 0.463 e. The van der Waals surface area contributed by atoms with Gasteiger partial charge in [-0.25, -0.2) is 0 Å². The molecule has 0 aromatic rings. The van der Waals surface area contributed by atoms with Crippen LogP contribution in [0, 0.1) is 0 Å². The average Bonchev–Trinajstić information content (AvgIpc) is 2.55. The molecule has 0 bridgehead atoms. The first-order valence-corrected chi connectivity index (χ1v) is 3.46. The van der Waals surface area contributed by atoms with E-state index in [1.165, 1.54) is 6.92 Å². The van der Waals surface area contributed by atoms with Crippen LogP contribution in [0.2, 0.25) is 0 Å². The lowest BCUT2D eigenvalue weighted by molar-refractivity contribution is -0.142. The van der Waals surface area contributed by atoms with Gasteiger partial charge in [-0.3, -0.25) is 4.79 Å². The van der Waals surface area contributed by atoms with E-state index in [0.717, 1.165) is 12.8 Å². The summed E-state index contributed by atoms with van der Waals surface area (Å²) in [5.41, 5.74) is 0. The molecule has 1 aliphatic carbocycles. The third kappa shape index (κ3) is 5.34. The van der Waals surface area contributed by atoms with Crippen LogP contribution in [-0.2, 0) is 9.53 Å². The fraction of sp³-hybridized carbons (Fsp3) is 0.857. The van der Waals surface area contributed by atoms with Crippen molar-refractivity contribution in [2.24, 2.45) is 0 Å². The normalized spacial score (nSPS) is 15.4. The van der Waals surface area contributed by atoms with Crippen LogP contribution >= 0.6 is 0 Å². The van der Waals surface area contributed by atoms with Crippen LogP contribution in [-0.4, -0.2) is 12.1 Å². The van der Waals surface area contributed by atoms with Crippen LogP contribution in [0.25, 0.3) is 0 Å². The lowest BCUT2D eigenvalue weighted by Gasteiger charge is -1.92. The summed E-state index contributed by atoms with van der Waals surface area (Å²) in [5, 5.41) is 0. The number of carbonyl (C=O) groups is 1. The Morgan fingerprint density at radius 2 is 1.89 bits per heavy atom. The van der Waals surface area contributed by atoms with Gasteiger partial charge in [-0.2, -0.15) is 0 Å². The molecule has 1 rings (SSSR count). The second-order valence-corrected chi connectivity index (χ2v) is 1.81. The summed E-state index contributed by atoms with van der Waals surface area (Å²) in [6.45, 7) is 5.44. The number of hydrogen-bond donors (Lipinski definition) is 0. The Morgan fingerprint density at radius 3 is 2.00 bits per heavy atom. The number of hydrogen-bond acceptors (Lipinski definition) is 2. The van der Waals surface area contributed by atoms with Gasteiger partial charge in [0, 0.05) is 6.92 Å². The van der Waals surface area contributed by atoms with E-state index in [-0.39, 0.29) is 12.1 Å². The minimum absolute atomic E-state index is 0.150. The molecule has 0 aliphatic heterocycles. The molecular formula is C7H14O2. The first kappa shape index (κ1) is 8.47. The molecule has 0 heterocycles. The molecule has 1 saturated carbocycles. The SMILES string of the molecule is CC.CC(=O)OC1CC1. The van der Waals surface area contributed by atoms with Gasteiger partial charge < -0.3 is 4.74 Å². The Bertz CT molecular complexity index is 84.9. The van der Waals surface area contributed by atoms with Crippen molar-refractivity contribution in [2.45, 2.75) is 39.7 Å². The lowest BCUT2D eigenvalue weighted by atomic mass is 10.7. The molecule has 2 heteroatoms. The van der Waals surface area contributed by atoms with Crippen molar-refractivity contribution in [3.05, 3.63) is 0 Å². The van der Waals surface area contributed by atoms with Gasteiger partial charge in [0.15, 0.2) is 0 Å². The van der Waals surface area contributed by atoms with Crippen molar-refractivity contribution < 1.29 is 9.53 Å². The maximum Gasteiger partial charge on any atom is 0.302 e. The van der Waals surface area contributed by atoms with Crippen LogP contribution in [0.3, 0.4) is 0 Å². The van der Waals surface area contributed by atoms with Crippen molar-refractivity contribution in [1.29, 1.82) is 0 Å². The second kappa shape index (κ2) is 4.36. The minimum atomic E-state index is -0.150. The van der Waals surface area contributed by atoms with E-state index < -0.39 is 0 Å². The van der Waals surface area contributed by atoms with E-state index in [1.807, 2.05) is 13.8 Å². The van der Waals surface area contributed by atoms with Crippen LogP contribution in [0.5, 0.6) is 0 Å². The standard InChI is InChI=1S/C5H8O2.C2H6/c1-4(6)7-5-2-3-5;1-2/h5H,2-3H2,1H3;1-2H3. The summed E-state index contributed by atoms with van der Waals surface area (Å²) in [6.07, 6.45) is 2.41. The Kier molecular flexibility index (Phi) is 4.10. The van der Waals surface area contributed by atoms with Crippen molar-refractivity contribution in [3.63, 3.8) is 0 Å². The number of carbonyl (C=O) groups excluding carboxylic acids is 1. The van der Waals surface area contributed by atoms with Crippen molar-refractivity contribution >= 4 is 5.97 Å². The molecule has 2 nitrogen and oxygen atoms in total. The van der Waals surface area contributed by atoms with E-state index in [9.17, 15) is 4.79 Å². The summed E-state index contributed by atoms with van der Waals surface area (Å²) in [6, 6.07) is 0. The maximum atomic E-state index is 10.1. The molecule has 0 saturated heterocycles. The predicted octanol–water partition coefficient (Wildman–Crippen LogP) is 1.74. The molecule has 0 unspecified atom stereocenters. The Balaban J connectivity index is 0.000000291. The first-order chi connectivity index (χ1) is 4.29. The third-order valence-electron chi connectivity index (χ3n) is 0.857.